The van der Waals surface area contributed by atoms with E-state index < -0.39 is 17.3 Å². The van der Waals surface area contributed by atoms with Crippen LogP contribution in [0, 0.1) is 0 Å². The Bertz CT molecular complexity index is 635. The average molecular weight is 309 g/mol. The highest BCUT2D eigenvalue weighted by molar-refractivity contribution is 7.09. The van der Waals surface area contributed by atoms with Gasteiger partial charge in [0, 0.05) is 17.6 Å². The number of nitrogens with zero attached hydrogens (tertiary/aromatic N) is 2. The first-order chi connectivity index (χ1) is 8.90. The first-order valence-electron chi connectivity index (χ1n) is 5.17. The molecular weight excluding hydrogens is 301 g/mol. The van der Waals surface area contributed by atoms with Crippen LogP contribution in [-0.2, 0) is 18.6 Å². The summed E-state index contributed by atoms with van der Waals surface area (Å²) in [5.41, 5.74) is -0.724. The third kappa shape index (κ3) is 3.36. The number of alkyl halides is 4. The van der Waals surface area contributed by atoms with Crippen LogP contribution in [0.25, 0.3) is 0 Å². The molecule has 0 saturated heterocycles. The lowest BCUT2D eigenvalue weighted by Crippen LogP contribution is -2.21. The predicted molar refractivity (Wildman–Crippen MR) is 66.5 cm³/mol. The Morgan fingerprint density at radius 2 is 2.11 bits per heavy atom. The molecule has 0 aliphatic rings. The molecule has 0 spiro atoms. The molecule has 0 radical (unpaired) electrons. The molecule has 2 heterocycles. The van der Waals surface area contributed by atoms with Crippen LogP contribution in [0.2, 0.25) is 0 Å². The molecule has 0 saturated carbocycles. The van der Waals surface area contributed by atoms with E-state index >= 15 is 0 Å². The van der Waals surface area contributed by atoms with Crippen molar-refractivity contribution in [1.82, 2.24) is 9.55 Å². The minimum Gasteiger partial charge on any atom is -0.308 e. The molecule has 3 nitrogen and oxygen atoms in total. The fourth-order valence-electron chi connectivity index (χ4n) is 1.45. The van der Waals surface area contributed by atoms with Crippen LogP contribution in [0.4, 0.5) is 13.2 Å². The molecule has 0 aliphatic carbocycles. The quantitative estimate of drug-likeness (QED) is 0.817. The Morgan fingerprint density at radius 3 is 2.68 bits per heavy atom. The van der Waals surface area contributed by atoms with Gasteiger partial charge in [0.25, 0.3) is 5.56 Å². The summed E-state index contributed by atoms with van der Waals surface area (Å²) in [7, 11) is 0. The first kappa shape index (κ1) is 14.1. The number of pyridine rings is 1. The fourth-order valence-corrected chi connectivity index (χ4v) is 2.47. The molecule has 0 fully saturated rings. The number of halogens is 4. The molecule has 19 heavy (non-hydrogen) atoms. The lowest BCUT2D eigenvalue weighted by atomic mass is 10.3. The van der Waals surface area contributed by atoms with Crippen molar-refractivity contribution in [1.29, 1.82) is 0 Å². The minimum atomic E-state index is -4.47. The van der Waals surface area contributed by atoms with Crippen molar-refractivity contribution in [3.63, 3.8) is 0 Å². The van der Waals surface area contributed by atoms with Crippen LogP contribution in [-0.4, -0.2) is 9.55 Å². The zero-order chi connectivity index (χ0) is 14.0. The van der Waals surface area contributed by atoms with Crippen LogP contribution in [0.15, 0.2) is 28.5 Å². The average Bonchev–Trinajstić information content (AvgIpc) is 2.78. The van der Waals surface area contributed by atoms with E-state index in [0.29, 0.717) is 10.7 Å². The van der Waals surface area contributed by atoms with Gasteiger partial charge in [0.05, 0.1) is 23.7 Å². The molecule has 2 aromatic heterocycles. The molecule has 0 bridgehead atoms. The fraction of sp³-hybridized carbons (Fsp3) is 0.273. The summed E-state index contributed by atoms with van der Waals surface area (Å²) in [6, 6.07) is 1.67. The number of hydrogen-bond donors (Lipinski definition) is 0. The summed E-state index contributed by atoms with van der Waals surface area (Å²) < 4.78 is 38.6. The van der Waals surface area contributed by atoms with Gasteiger partial charge in [-0.05, 0) is 6.07 Å². The van der Waals surface area contributed by atoms with Crippen LogP contribution >= 0.6 is 22.9 Å². The number of hydrogen-bond acceptors (Lipinski definition) is 3. The summed E-state index contributed by atoms with van der Waals surface area (Å²) >= 11 is 6.84. The Morgan fingerprint density at radius 1 is 1.37 bits per heavy atom. The normalized spacial score (nSPS) is 11.8. The molecule has 2 rings (SSSR count). The minimum absolute atomic E-state index is 0.00427. The molecule has 0 aromatic carbocycles. The molecule has 2 aromatic rings. The number of rotatable bonds is 3. The maximum Gasteiger partial charge on any atom is 0.417 e. The van der Waals surface area contributed by atoms with E-state index in [4.69, 9.17) is 11.6 Å². The summed E-state index contributed by atoms with van der Waals surface area (Å²) in [6.07, 6.45) is -3.68. The predicted octanol–water partition coefficient (Wildman–Crippen LogP) is 3.11. The van der Waals surface area contributed by atoms with Gasteiger partial charge >= 0.3 is 6.18 Å². The third-order valence-corrected chi connectivity index (χ3v) is 3.51. The van der Waals surface area contributed by atoms with Crippen LogP contribution < -0.4 is 5.56 Å². The third-order valence-electron chi connectivity index (χ3n) is 2.35. The van der Waals surface area contributed by atoms with Gasteiger partial charge in [0.1, 0.15) is 5.01 Å². The van der Waals surface area contributed by atoms with Crippen molar-refractivity contribution in [2.45, 2.75) is 18.6 Å². The van der Waals surface area contributed by atoms with E-state index in [1.54, 1.807) is 5.38 Å². The molecule has 0 aliphatic heterocycles. The molecule has 0 amide bonds. The van der Waals surface area contributed by atoms with E-state index in [1.807, 2.05) is 0 Å². The zero-order valence-electron chi connectivity index (χ0n) is 9.45. The lowest BCUT2D eigenvalue weighted by molar-refractivity contribution is -0.138. The van der Waals surface area contributed by atoms with Gasteiger partial charge in [0.2, 0.25) is 0 Å². The monoisotopic (exact) mass is 308 g/mol. The van der Waals surface area contributed by atoms with E-state index in [1.165, 1.54) is 11.3 Å². The van der Waals surface area contributed by atoms with Crippen molar-refractivity contribution in [3.05, 3.63) is 50.3 Å². The van der Waals surface area contributed by atoms with Gasteiger partial charge in [-0.3, -0.25) is 4.79 Å². The highest BCUT2D eigenvalue weighted by atomic mass is 35.5. The SMILES string of the molecule is O=c1ccc(C(F)(F)F)cn1Cc1nc(CCl)cs1. The van der Waals surface area contributed by atoms with Crippen molar-refractivity contribution in [2.24, 2.45) is 0 Å². The summed E-state index contributed by atoms with van der Waals surface area (Å²) in [4.78, 5) is 15.6. The number of aromatic nitrogens is 2. The molecule has 0 N–H and O–H groups in total. The van der Waals surface area contributed by atoms with Crippen LogP contribution in [0.1, 0.15) is 16.3 Å². The Kier molecular flexibility index (Phi) is 3.96. The highest BCUT2D eigenvalue weighted by Crippen LogP contribution is 2.28. The van der Waals surface area contributed by atoms with Crippen LogP contribution in [0.5, 0.6) is 0 Å². The Balaban J connectivity index is 2.31. The molecule has 0 atom stereocenters. The van der Waals surface area contributed by atoms with E-state index in [2.05, 4.69) is 4.98 Å². The van der Waals surface area contributed by atoms with Crippen molar-refractivity contribution < 1.29 is 13.2 Å². The van der Waals surface area contributed by atoms with E-state index in [9.17, 15) is 18.0 Å². The molecule has 102 valence electrons. The van der Waals surface area contributed by atoms with E-state index in [-0.39, 0.29) is 12.4 Å². The second-order valence-corrected chi connectivity index (χ2v) is 4.96. The standard InChI is InChI=1S/C11H8ClF3N2OS/c12-3-8-6-19-9(16-8)5-17-4-7(11(13,14)15)1-2-10(17)18/h1-2,4,6H,3,5H2. The zero-order valence-corrected chi connectivity index (χ0v) is 11.0. The van der Waals surface area contributed by atoms with Gasteiger partial charge in [-0.2, -0.15) is 13.2 Å². The number of thiazole rings is 1. The Hall–Kier alpha value is -1.34. The molecule has 0 unspecified atom stereocenters. The molecule has 8 heteroatoms. The second kappa shape index (κ2) is 5.34. The second-order valence-electron chi connectivity index (χ2n) is 3.75. The van der Waals surface area contributed by atoms with Crippen molar-refractivity contribution in [3.8, 4) is 0 Å². The van der Waals surface area contributed by atoms with Gasteiger partial charge in [-0.1, -0.05) is 0 Å². The van der Waals surface area contributed by atoms with Gasteiger partial charge in [0.15, 0.2) is 0 Å². The van der Waals surface area contributed by atoms with Crippen molar-refractivity contribution >= 4 is 22.9 Å². The van der Waals surface area contributed by atoms with Gasteiger partial charge in [-0.15, -0.1) is 22.9 Å². The van der Waals surface area contributed by atoms with Gasteiger partial charge in [-0.25, -0.2) is 4.98 Å². The summed E-state index contributed by atoms with van der Waals surface area (Å²) in [6.45, 7) is 0.00427. The van der Waals surface area contributed by atoms with Crippen molar-refractivity contribution in [2.75, 3.05) is 0 Å². The Labute approximate surface area is 115 Å². The van der Waals surface area contributed by atoms with E-state index in [0.717, 1.165) is 22.9 Å². The largest absolute Gasteiger partial charge is 0.417 e. The maximum atomic E-state index is 12.6. The molecular formula is C11H8ClF3N2OS. The first-order valence-corrected chi connectivity index (χ1v) is 6.58. The summed E-state index contributed by atoms with van der Waals surface area (Å²) in [5, 5.41) is 2.25. The smallest absolute Gasteiger partial charge is 0.308 e. The highest BCUT2D eigenvalue weighted by Gasteiger charge is 2.31. The summed E-state index contributed by atoms with van der Waals surface area (Å²) in [5.74, 6) is 0.230. The topological polar surface area (TPSA) is 34.9 Å². The lowest BCUT2D eigenvalue weighted by Gasteiger charge is -2.09. The van der Waals surface area contributed by atoms with Gasteiger partial charge < -0.3 is 4.57 Å². The van der Waals surface area contributed by atoms with Crippen LogP contribution in [0.3, 0.4) is 0 Å². The maximum absolute atomic E-state index is 12.6.